The highest BCUT2D eigenvalue weighted by atomic mass is 79.9. The van der Waals surface area contributed by atoms with Crippen molar-refractivity contribution in [3.05, 3.63) is 58.3 Å². The van der Waals surface area contributed by atoms with Gasteiger partial charge in [-0.25, -0.2) is 5.43 Å². The van der Waals surface area contributed by atoms with Gasteiger partial charge in [-0.15, -0.1) is 0 Å². The summed E-state index contributed by atoms with van der Waals surface area (Å²) < 4.78 is 11.5. The third-order valence-electron chi connectivity index (χ3n) is 3.37. The maximum absolute atomic E-state index is 12.1. The lowest BCUT2D eigenvalue weighted by molar-refractivity contribution is 0.0929. The van der Waals surface area contributed by atoms with Crippen LogP contribution in [0.3, 0.4) is 0 Å². The van der Waals surface area contributed by atoms with Crippen molar-refractivity contribution in [1.82, 2.24) is 5.43 Å². The number of amides is 1. The highest BCUT2D eigenvalue weighted by Crippen LogP contribution is 2.25. The number of halogens is 1. The lowest BCUT2D eigenvalue weighted by Gasteiger charge is -2.00. The van der Waals surface area contributed by atoms with Crippen LogP contribution in [0.1, 0.15) is 23.0 Å². The van der Waals surface area contributed by atoms with Crippen LogP contribution in [0, 0.1) is 0 Å². The summed E-state index contributed by atoms with van der Waals surface area (Å²) >= 11 is 3.22. The van der Waals surface area contributed by atoms with Crippen LogP contribution in [0.2, 0.25) is 0 Å². The third-order valence-corrected chi connectivity index (χ3v) is 4.01. The second-order valence-electron chi connectivity index (χ2n) is 5.15. The number of benzene rings is 2. The molecule has 0 bridgehead atoms. The summed E-state index contributed by atoms with van der Waals surface area (Å²) in [6.07, 6.45) is 1.47. The zero-order chi connectivity index (χ0) is 17.8. The molecule has 0 aliphatic heterocycles. The van der Waals surface area contributed by atoms with E-state index in [1.165, 1.54) is 12.3 Å². The minimum atomic E-state index is -0.455. The zero-order valence-electron chi connectivity index (χ0n) is 13.3. The first-order valence-corrected chi connectivity index (χ1v) is 8.34. The molecule has 0 unspecified atom stereocenters. The maximum atomic E-state index is 12.1. The number of furan rings is 1. The Bertz CT molecular complexity index is 949. The number of rotatable bonds is 5. The summed E-state index contributed by atoms with van der Waals surface area (Å²) in [5.74, 6) is 0.560. The number of hydrogen-bond acceptors (Lipinski definition) is 5. The topological polar surface area (TPSA) is 84.1 Å². The Labute approximate surface area is 152 Å². The molecule has 3 rings (SSSR count). The fourth-order valence-corrected chi connectivity index (χ4v) is 2.61. The number of nitrogens with one attached hydrogen (secondary N) is 1. The van der Waals surface area contributed by atoms with Crippen LogP contribution < -0.4 is 10.2 Å². The van der Waals surface area contributed by atoms with E-state index in [-0.39, 0.29) is 11.5 Å². The smallest absolute Gasteiger partial charge is 0.307 e. The van der Waals surface area contributed by atoms with Gasteiger partial charge < -0.3 is 14.3 Å². The van der Waals surface area contributed by atoms with Gasteiger partial charge in [0.15, 0.2) is 5.76 Å². The van der Waals surface area contributed by atoms with Crippen molar-refractivity contribution >= 4 is 39.0 Å². The predicted molar refractivity (Wildman–Crippen MR) is 98.3 cm³/mol. The van der Waals surface area contributed by atoms with Crippen molar-refractivity contribution in [2.24, 2.45) is 5.10 Å². The lowest BCUT2D eigenvalue weighted by Crippen LogP contribution is -2.16. The molecule has 0 atom stereocenters. The monoisotopic (exact) mass is 402 g/mol. The van der Waals surface area contributed by atoms with E-state index in [9.17, 15) is 9.90 Å². The van der Waals surface area contributed by atoms with Crippen molar-refractivity contribution in [3.8, 4) is 11.5 Å². The largest absolute Gasteiger partial charge is 0.507 e. The van der Waals surface area contributed by atoms with Crippen LogP contribution in [0.4, 0.5) is 0 Å². The Morgan fingerprint density at radius 2 is 2.16 bits per heavy atom. The number of aromatic hydroxyl groups is 1. The van der Waals surface area contributed by atoms with Gasteiger partial charge in [0, 0.05) is 5.39 Å². The molecular weight excluding hydrogens is 388 g/mol. The van der Waals surface area contributed by atoms with E-state index in [1.54, 1.807) is 30.3 Å². The van der Waals surface area contributed by atoms with E-state index in [4.69, 9.17) is 9.15 Å². The minimum absolute atomic E-state index is 0.134. The molecule has 25 heavy (non-hydrogen) atoms. The molecule has 0 aliphatic carbocycles. The summed E-state index contributed by atoms with van der Waals surface area (Å²) in [6.45, 7) is 2.47. The van der Waals surface area contributed by atoms with E-state index in [0.29, 0.717) is 16.7 Å². The summed E-state index contributed by atoms with van der Waals surface area (Å²) in [6, 6.07) is 11.9. The van der Waals surface area contributed by atoms with Crippen LogP contribution in [0.5, 0.6) is 11.5 Å². The van der Waals surface area contributed by atoms with Crippen LogP contribution >= 0.6 is 15.9 Å². The predicted octanol–water partition coefficient (Wildman–Crippen LogP) is 4.06. The Morgan fingerprint density at radius 1 is 1.32 bits per heavy atom. The fourth-order valence-electron chi connectivity index (χ4n) is 2.21. The Balaban J connectivity index is 1.71. The highest BCUT2D eigenvalue weighted by molar-refractivity contribution is 9.10. The number of fused-ring (bicyclic) bond motifs is 1. The SMILES string of the molecule is CCOc1ccc2oc(C(=O)N/N=C/c3ccc(O)c(Br)c3)cc2c1. The molecule has 0 saturated carbocycles. The molecule has 128 valence electrons. The molecule has 0 spiro atoms. The van der Waals surface area contributed by atoms with Gasteiger partial charge >= 0.3 is 5.91 Å². The van der Waals surface area contributed by atoms with Gasteiger partial charge in [0.2, 0.25) is 0 Å². The Hall–Kier alpha value is -2.80. The fraction of sp³-hybridized carbons (Fsp3) is 0.111. The van der Waals surface area contributed by atoms with Crippen molar-refractivity contribution in [1.29, 1.82) is 0 Å². The van der Waals surface area contributed by atoms with Crippen LogP contribution in [0.15, 0.2) is 56.5 Å². The number of phenolic OH excluding ortho intramolecular Hbond substituents is 1. The molecule has 1 aromatic heterocycles. The van der Waals surface area contributed by atoms with Gasteiger partial charge in [0.1, 0.15) is 17.1 Å². The molecule has 0 saturated heterocycles. The van der Waals surface area contributed by atoms with Gasteiger partial charge in [-0.05, 0) is 70.9 Å². The highest BCUT2D eigenvalue weighted by Gasteiger charge is 2.12. The summed E-state index contributed by atoms with van der Waals surface area (Å²) in [4.78, 5) is 12.1. The normalized spacial score (nSPS) is 11.1. The molecule has 0 fully saturated rings. The van der Waals surface area contributed by atoms with Crippen molar-refractivity contribution in [3.63, 3.8) is 0 Å². The van der Waals surface area contributed by atoms with Gasteiger partial charge in [-0.1, -0.05) is 0 Å². The van der Waals surface area contributed by atoms with Crippen molar-refractivity contribution < 1.29 is 19.1 Å². The Kier molecular flexibility index (Phi) is 5.04. The first-order chi connectivity index (χ1) is 12.1. The Morgan fingerprint density at radius 3 is 2.92 bits per heavy atom. The molecular formula is C18H15BrN2O4. The molecule has 1 heterocycles. The van der Waals surface area contributed by atoms with Crippen molar-refractivity contribution in [2.45, 2.75) is 6.92 Å². The first kappa shape index (κ1) is 17.0. The van der Waals surface area contributed by atoms with E-state index in [2.05, 4.69) is 26.5 Å². The number of nitrogens with zero attached hydrogens (tertiary/aromatic N) is 1. The number of phenols is 1. The molecule has 6 nitrogen and oxygen atoms in total. The van der Waals surface area contributed by atoms with Gasteiger partial charge in [0.25, 0.3) is 0 Å². The van der Waals surface area contributed by atoms with Gasteiger partial charge in [-0.3, -0.25) is 4.79 Å². The molecule has 0 radical (unpaired) electrons. The average Bonchev–Trinajstić information content (AvgIpc) is 3.02. The quantitative estimate of drug-likeness (QED) is 0.497. The van der Waals surface area contributed by atoms with E-state index >= 15 is 0 Å². The molecule has 7 heteroatoms. The number of carbonyl (C=O) groups excluding carboxylic acids is 1. The number of hydrogen-bond donors (Lipinski definition) is 2. The second-order valence-corrected chi connectivity index (χ2v) is 6.01. The van der Waals surface area contributed by atoms with E-state index in [1.807, 2.05) is 13.0 Å². The summed E-state index contributed by atoms with van der Waals surface area (Å²) in [5.41, 5.74) is 3.73. The maximum Gasteiger partial charge on any atom is 0.307 e. The average molecular weight is 403 g/mol. The molecule has 2 aromatic carbocycles. The molecule has 2 N–H and O–H groups in total. The minimum Gasteiger partial charge on any atom is -0.507 e. The molecule has 1 amide bonds. The standard InChI is InChI=1S/C18H15BrN2O4/c1-2-24-13-4-6-16-12(8-13)9-17(25-16)18(23)21-20-10-11-3-5-15(22)14(19)7-11/h3-10,22H,2H2,1H3,(H,21,23)/b20-10+. The number of carbonyl (C=O) groups is 1. The lowest BCUT2D eigenvalue weighted by atomic mass is 10.2. The zero-order valence-corrected chi connectivity index (χ0v) is 14.9. The first-order valence-electron chi connectivity index (χ1n) is 7.55. The van der Waals surface area contributed by atoms with E-state index < -0.39 is 5.91 Å². The summed E-state index contributed by atoms with van der Waals surface area (Å²) in [5, 5.41) is 14.1. The number of hydrazone groups is 1. The van der Waals surface area contributed by atoms with Gasteiger partial charge in [-0.2, -0.15) is 5.10 Å². The summed E-state index contributed by atoms with van der Waals surface area (Å²) in [7, 11) is 0. The second kappa shape index (κ2) is 7.40. The van der Waals surface area contributed by atoms with E-state index in [0.717, 1.165) is 16.7 Å². The molecule has 0 aliphatic rings. The van der Waals surface area contributed by atoms with Crippen LogP contribution in [-0.2, 0) is 0 Å². The van der Waals surface area contributed by atoms with Crippen molar-refractivity contribution in [2.75, 3.05) is 6.61 Å². The van der Waals surface area contributed by atoms with Gasteiger partial charge in [0.05, 0.1) is 17.3 Å². The number of ether oxygens (including phenoxy) is 1. The third kappa shape index (κ3) is 4.00. The molecule has 3 aromatic rings. The van der Waals surface area contributed by atoms with Crippen LogP contribution in [0.25, 0.3) is 11.0 Å². The van der Waals surface area contributed by atoms with Crippen LogP contribution in [-0.4, -0.2) is 23.8 Å².